The summed E-state index contributed by atoms with van der Waals surface area (Å²) in [7, 11) is 1.40. The Bertz CT molecular complexity index is 963. The lowest BCUT2D eigenvalue weighted by atomic mass is 9.97. The van der Waals surface area contributed by atoms with E-state index in [2.05, 4.69) is 6.07 Å². The number of hydrogen-bond acceptors (Lipinski definition) is 3. The van der Waals surface area contributed by atoms with Crippen LogP contribution in [0.1, 0.15) is 5.56 Å². The Kier molecular flexibility index (Phi) is 3.81. The minimum atomic E-state index is -0.479. The third-order valence-electron chi connectivity index (χ3n) is 3.64. The second-order valence-electron chi connectivity index (χ2n) is 4.98. The van der Waals surface area contributed by atoms with Crippen molar-refractivity contribution in [3.8, 4) is 28.7 Å². The lowest BCUT2D eigenvalue weighted by Crippen LogP contribution is -1.90. The molecule has 0 aromatic heterocycles. The molecule has 114 valence electrons. The first-order valence-electron chi connectivity index (χ1n) is 6.74. The smallest absolute Gasteiger partial charge is 0.165 e. The first-order valence-corrected chi connectivity index (χ1v) is 7.12. The maximum Gasteiger partial charge on any atom is 0.165 e. The summed E-state index contributed by atoms with van der Waals surface area (Å²) in [6.07, 6.45) is 0. The summed E-state index contributed by atoms with van der Waals surface area (Å²) >= 11 is 6.10. The molecule has 3 rings (SSSR count). The zero-order chi connectivity index (χ0) is 16.6. The van der Waals surface area contributed by atoms with Crippen LogP contribution in [-0.4, -0.2) is 12.2 Å². The standard InChI is InChI=1S/C18H11ClFNO2/c1-23-16-5-3-10(8-14(16)20)12-6-11-2-4-15(22)18(19)17(11)13(7-12)9-21/h2-8,22H,1H3. The van der Waals surface area contributed by atoms with E-state index in [-0.39, 0.29) is 16.5 Å². The second kappa shape index (κ2) is 5.79. The largest absolute Gasteiger partial charge is 0.506 e. The predicted molar refractivity (Wildman–Crippen MR) is 87.3 cm³/mol. The highest BCUT2D eigenvalue weighted by Gasteiger charge is 2.13. The SMILES string of the molecule is COc1ccc(-c2cc(C#N)c3c(Cl)c(O)ccc3c2)cc1F. The Morgan fingerprint density at radius 1 is 1.13 bits per heavy atom. The molecule has 0 fully saturated rings. The highest BCUT2D eigenvalue weighted by Crippen LogP contribution is 2.37. The number of aromatic hydroxyl groups is 1. The number of halogens is 2. The fourth-order valence-electron chi connectivity index (χ4n) is 2.51. The van der Waals surface area contributed by atoms with Crippen molar-refractivity contribution in [2.75, 3.05) is 7.11 Å². The molecular weight excluding hydrogens is 317 g/mol. The summed E-state index contributed by atoms with van der Waals surface area (Å²) in [5, 5.41) is 20.4. The summed E-state index contributed by atoms with van der Waals surface area (Å²) in [4.78, 5) is 0. The van der Waals surface area contributed by atoms with Crippen LogP contribution in [0.3, 0.4) is 0 Å². The monoisotopic (exact) mass is 327 g/mol. The van der Waals surface area contributed by atoms with Gasteiger partial charge in [0.1, 0.15) is 5.75 Å². The van der Waals surface area contributed by atoms with Crippen molar-refractivity contribution in [1.29, 1.82) is 5.26 Å². The van der Waals surface area contributed by atoms with Crippen LogP contribution in [-0.2, 0) is 0 Å². The van der Waals surface area contributed by atoms with Gasteiger partial charge in [0.05, 0.1) is 23.8 Å². The first kappa shape index (κ1) is 15.1. The number of hydrogen-bond donors (Lipinski definition) is 1. The summed E-state index contributed by atoms with van der Waals surface area (Å²) in [5.41, 5.74) is 1.61. The molecule has 3 aromatic rings. The van der Waals surface area contributed by atoms with Crippen LogP contribution in [0.4, 0.5) is 4.39 Å². The Morgan fingerprint density at radius 3 is 2.57 bits per heavy atom. The van der Waals surface area contributed by atoms with Crippen LogP contribution in [0.2, 0.25) is 5.02 Å². The third kappa shape index (κ3) is 2.56. The van der Waals surface area contributed by atoms with E-state index in [1.165, 1.54) is 25.3 Å². The molecule has 5 heteroatoms. The number of rotatable bonds is 2. The van der Waals surface area contributed by atoms with Crippen LogP contribution in [0.25, 0.3) is 21.9 Å². The Balaban J connectivity index is 2.26. The fourth-order valence-corrected chi connectivity index (χ4v) is 2.79. The maximum absolute atomic E-state index is 13.9. The molecule has 0 unspecified atom stereocenters. The van der Waals surface area contributed by atoms with Gasteiger partial charge >= 0.3 is 0 Å². The van der Waals surface area contributed by atoms with Crippen LogP contribution < -0.4 is 4.74 Å². The van der Waals surface area contributed by atoms with Crippen molar-refractivity contribution in [2.24, 2.45) is 0 Å². The number of nitriles is 1. The summed E-state index contributed by atoms with van der Waals surface area (Å²) in [6, 6.07) is 13.2. The van der Waals surface area contributed by atoms with Gasteiger partial charge in [-0.1, -0.05) is 23.7 Å². The third-order valence-corrected chi connectivity index (χ3v) is 4.02. The van der Waals surface area contributed by atoms with Crippen LogP contribution >= 0.6 is 11.6 Å². The van der Waals surface area contributed by atoms with Crippen molar-refractivity contribution in [3.05, 3.63) is 58.9 Å². The minimum absolute atomic E-state index is 0.0843. The van der Waals surface area contributed by atoms with Crippen molar-refractivity contribution in [3.63, 3.8) is 0 Å². The van der Waals surface area contributed by atoms with Crippen molar-refractivity contribution in [1.82, 2.24) is 0 Å². The van der Waals surface area contributed by atoms with Crippen molar-refractivity contribution >= 4 is 22.4 Å². The molecular formula is C18H11ClFNO2. The van der Waals surface area contributed by atoms with Gasteiger partial charge < -0.3 is 9.84 Å². The molecule has 3 aromatic carbocycles. The molecule has 0 radical (unpaired) electrons. The van der Waals surface area contributed by atoms with Gasteiger partial charge in [0, 0.05) is 5.39 Å². The molecule has 0 bridgehead atoms. The molecule has 3 nitrogen and oxygen atoms in total. The molecule has 0 aliphatic carbocycles. The van der Waals surface area contributed by atoms with E-state index < -0.39 is 5.82 Å². The fraction of sp³-hybridized carbons (Fsp3) is 0.0556. The number of fused-ring (bicyclic) bond motifs is 1. The van der Waals surface area contributed by atoms with Crippen molar-refractivity contribution in [2.45, 2.75) is 0 Å². The van der Waals surface area contributed by atoms with Gasteiger partial charge in [-0.05, 0) is 46.8 Å². The molecule has 0 saturated heterocycles. The highest BCUT2D eigenvalue weighted by molar-refractivity contribution is 6.37. The van der Waals surface area contributed by atoms with Gasteiger partial charge in [-0.2, -0.15) is 5.26 Å². The summed E-state index contributed by atoms with van der Waals surface area (Å²) in [6.45, 7) is 0. The van der Waals surface area contributed by atoms with Gasteiger partial charge in [0.25, 0.3) is 0 Å². The van der Waals surface area contributed by atoms with E-state index >= 15 is 0 Å². The quantitative estimate of drug-likeness (QED) is 0.729. The topological polar surface area (TPSA) is 53.2 Å². The molecule has 0 amide bonds. The van der Waals surface area contributed by atoms with E-state index in [4.69, 9.17) is 16.3 Å². The van der Waals surface area contributed by atoms with E-state index in [9.17, 15) is 14.8 Å². The number of phenolic OH excluding ortho intramolecular Hbond substituents is 1. The van der Waals surface area contributed by atoms with Crippen molar-refractivity contribution < 1.29 is 14.2 Å². The van der Waals surface area contributed by atoms with E-state index in [1.54, 1.807) is 24.3 Å². The maximum atomic E-state index is 13.9. The number of nitrogens with zero attached hydrogens (tertiary/aromatic N) is 1. The lowest BCUT2D eigenvalue weighted by molar-refractivity contribution is 0.386. The molecule has 1 N–H and O–H groups in total. The average Bonchev–Trinajstić information content (AvgIpc) is 2.57. The Labute approximate surface area is 137 Å². The summed E-state index contributed by atoms with van der Waals surface area (Å²) in [5.74, 6) is -0.408. The number of ether oxygens (including phenoxy) is 1. The Morgan fingerprint density at radius 2 is 1.91 bits per heavy atom. The van der Waals surface area contributed by atoms with Gasteiger partial charge in [-0.15, -0.1) is 0 Å². The normalized spacial score (nSPS) is 10.5. The van der Waals surface area contributed by atoms with Gasteiger partial charge in [0.15, 0.2) is 11.6 Å². The van der Waals surface area contributed by atoms with Crippen LogP contribution in [0.5, 0.6) is 11.5 Å². The van der Waals surface area contributed by atoms with Gasteiger partial charge in [-0.25, -0.2) is 4.39 Å². The van der Waals surface area contributed by atoms with Gasteiger partial charge in [-0.3, -0.25) is 0 Å². The highest BCUT2D eigenvalue weighted by atomic mass is 35.5. The number of benzene rings is 3. The molecule has 23 heavy (non-hydrogen) atoms. The predicted octanol–water partition coefficient (Wildman–Crippen LogP) is 4.89. The lowest BCUT2D eigenvalue weighted by Gasteiger charge is -2.10. The molecule has 0 aliphatic rings. The second-order valence-corrected chi connectivity index (χ2v) is 5.36. The summed E-state index contributed by atoms with van der Waals surface area (Å²) < 4.78 is 18.8. The zero-order valence-corrected chi connectivity index (χ0v) is 12.9. The van der Waals surface area contributed by atoms with Crippen LogP contribution in [0.15, 0.2) is 42.5 Å². The van der Waals surface area contributed by atoms with E-state index in [0.29, 0.717) is 27.5 Å². The molecule has 0 saturated carbocycles. The van der Waals surface area contributed by atoms with E-state index in [1.807, 2.05) is 0 Å². The van der Waals surface area contributed by atoms with Crippen LogP contribution in [0, 0.1) is 17.1 Å². The minimum Gasteiger partial charge on any atom is -0.506 e. The Hall–Kier alpha value is -2.77. The first-order chi connectivity index (χ1) is 11.0. The van der Waals surface area contributed by atoms with E-state index in [0.717, 1.165) is 0 Å². The number of phenols is 1. The molecule has 0 spiro atoms. The average molecular weight is 328 g/mol. The molecule has 0 heterocycles. The molecule has 0 aliphatic heterocycles. The molecule has 0 atom stereocenters. The zero-order valence-electron chi connectivity index (χ0n) is 12.1. The van der Waals surface area contributed by atoms with Gasteiger partial charge in [0.2, 0.25) is 0 Å². The number of methoxy groups -OCH3 is 1.